The minimum absolute atomic E-state index is 0.00760. The summed E-state index contributed by atoms with van der Waals surface area (Å²) in [5, 5.41) is 5.64. The number of ether oxygens (including phenoxy) is 1. The number of allylic oxidation sites excluding steroid dienone is 1. The second kappa shape index (κ2) is 9.29. The molecule has 3 N–H and O–H groups in total. The molecule has 0 saturated heterocycles. The fourth-order valence-electron chi connectivity index (χ4n) is 3.08. The molecule has 1 aromatic carbocycles. The van der Waals surface area contributed by atoms with Gasteiger partial charge < -0.3 is 10.1 Å². The van der Waals surface area contributed by atoms with E-state index in [0.717, 1.165) is 11.8 Å². The summed E-state index contributed by atoms with van der Waals surface area (Å²) >= 11 is 13.0. The lowest BCUT2D eigenvalue weighted by molar-refractivity contribution is 0.0937. The highest BCUT2D eigenvalue weighted by Gasteiger charge is 2.29. The number of halogens is 2. The van der Waals surface area contributed by atoms with Crippen LogP contribution in [0.4, 0.5) is 22.0 Å². The van der Waals surface area contributed by atoms with Gasteiger partial charge in [0, 0.05) is 13.1 Å². The van der Waals surface area contributed by atoms with E-state index in [1.165, 1.54) is 29.3 Å². The number of sulfonamides is 1. The quantitative estimate of drug-likeness (QED) is 0.499. The maximum absolute atomic E-state index is 12.9. The summed E-state index contributed by atoms with van der Waals surface area (Å²) in [6.45, 7) is -0.0435. The third-order valence-electron chi connectivity index (χ3n) is 4.67. The summed E-state index contributed by atoms with van der Waals surface area (Å²) in [4.78, 5) is 30.5. The highest BCUT2D eigenvalue weighted by atomic mass is 35.5. The number of anilines is 3. The van der Waals surface area contributed by atoms with Gasteiger partial charge in [-0.15, -0.1) is 11.6 Å². The van der Waals surface area contributed by atoms with Gasteiger partial charge in [-0.2, -0.15) is 0 Å². The number of thioether (sulfide) groups is 1. The van der Waals surface area contributed by atoms with Crippen molar-refractivity contribution in [1.82, 2.24) is 9.71 Å². The maximum atomic E-state index is 12.9. The van der Waals surface area contributed by atoms with Crippen molar-refractivity contribution < 1.29 is 22.7 Å². The molecule has 0 spiro atoms. The van der Waals surface area contributed by atoms with Gasteiger partial charge in [0.15, 0.2) is 6.73 Å². The van der Waals surface area contributed by atoms with E-state index < -0.39 is 16.1 Å². The van der Waals surface area contributed by atoms with E-state index in [2.05, 4.69) is 15.6 Å². The highest BCUT2D eigenvalue weighted by Crippen LogP contribution is 2.37. The van der Waals surface area contributed by atoms with Crippen molar-refractivity contribution in [3.8, 4) is 5.75 Å². The van der Waals surface area contributed by atoms with Gasteiger partial charge in [-0.25, -0.2) is 22.9 Å². The summed E-state index contributed by atoms with van der Waals surface area (Å²) in [5.41, 5.74) is 1.35. The average molecular weight is 530 g/mol. The molecule has 3 heterocycles. The van der Waals surface area contributed by atoms with Crippen LogP contribution in [0.3, 0.4) is 0 Å². The fraction of sp³-hybridized carbons (Fsp3) is 0.211. The van der Waals surface area contributed by atoms with Gasteiger partial charge >= 0.3 is 6.03 Å². The molecule has 10 nitrogen and oxygen atoms in total. The molecule has 174 valence electrons. The Hall–Kier alpha value is -2.67. The zero-order valence-corrected chi connectivity index (χ0v) is 20.1. The van der Waals surface area contributed by atoms with Crippen molar-refractivity contribution >= 4 is 74.1 Å². The Morgan fingerprint density at radius 1 is 1.33 bits per heavy atom. The summed E-state index contributed by atoms with van der Waals surface area (Å²) in [7, 11) is -2.31. The van der Waals surface area contributed by atoms with Gasteiger partial charge in [0.2, 0.25) is 0 Å². The van der Waals surface area contributed by atoms with E-state index in [4.69, 9.17) is 27.9 Å². The summed E-state index contributed by atoms with van der Waals surface area (Å²) in [6, 6.07) is 5.17. The number of alkyl halides is 1. The SMILES string of the molecule is CNc1cc2c(cc1Cl)C(=O)N(c1ccc(NC(=O)NS(=O)(=O)C3=CCC(Cl)S3)nc1)CO2. The standard InChI is InChI=1S/C19H17Cl2N5O5S2/c1-22-13-7-14-11(6-12(13)20)18(27)26(9-31-14)10-2-4-16(23-8-10)24-19(28)25-33(29,30)17-5-3-15(21)32-17/h2,4-8,15,22H,3,9H2,1H3,(H2,23,24,25,28). The minimum Gasteiger partial charge on any atom is -0.472 e. The van der Waals surface area contributed by atoms with E-state index in [1.54, 1.807) is 19.2 Å². The average Bonchev–Trinajstić information content (AvgIpc) is 3.22. The number of hydrogen-bond donors (Lipinski definition) is 3. The van der Waals surface area contributed by atoms with Crippen LogP contribution in [-0.2, 0) is 10.0 Å². The van der Waals surface area contributed by atoms with E-state index in [-0.39, 0.29) is 27.4 Å². The Morgan fingerprint density at radius 3 is 2.76 bits per heavy atom. The zero-order valence-electron chi connectivity index (χ0n) is 17.0. The largest absolute Gasteiger partial charge is 0.472 e. The van der Waals surface area contributed by atoms with E-state index in [0.29, 0.717) is 34.1 Å². The molecule has 0 bridgehead atoms. The van der Waals surface area contributed by atoms with E-state index >= 15 is 0 Å². The van der Waals surface area contributed by atoms with Gasteiger partial charge in [-0.3, -0.25) is 15.0 Å². The molecule has 3 amide bonds. The first kappa shape index (κ1) is 23.5. The second-order valence-corrected chi connectivity index (χ2v) is 11.2. The number of amides is 3. The van der Waals surface area contributed by atoms with Crippen LogP contribution in [-0.4, -0.2) is 43.8 Å². The monoisotopic (exact) mass is 529 g/mol. The van der Waals surface area contributed by atoms with Gasteiger partial charge in [0.1, 0.15) is 15.8 Å². The Balaban J connectivity index is 1.43. The number of carbonyl (C=O) groups is 2. The molecule has 4 rings (SSSR count). The lowest BCUT2D eigenvalue weighted by atomic mass is 10.1. The van der Waals surface area contributed by atoms with Crippen molar-refractivity contribution in [2.75, 3.05) is 29.3 Å². The Morgan fingerprint density at radius 2 is 2.12 bits per heavy atom. The number of nitrogens with zero attached hydrogens (tertiary/aromatic N) is 2. The van der Waals surface area contributed by atoms with Crippen LogP contribution >= 0.6 is 35.0 Å². The van der Waals surface area contributed by atoms with Gasteiger partial charge in [-0.1, -0.05) is 29.4 Å². The molecule has 2 aliphatic rings. The molecule has 2 aromatic rings. The van der Waals surface area contributed by atoms with Crippen molar-refractivity contribution in [2.45, 2.75) is 11.1 Å². The zero-order chi connectivity index (χ0) is 23.8. The molecule has 0 fully saturated rings. The molecule has 0 saturated carbocycles. The van der Waals surface area contributed by atoms with Crippen LogP contribution in [0.15, 0.2) is 40.8 Å². The maximum Gasteiger partial charge on any atom is 0.334 e. The Labute approximate surface area is 203 Å². The second-order valence-electron chi connectivity index (χ2n) is 6.83. The summed E-state index contributed by atoms with van der Waals surface area (Å²) in [5.74, 6) is 0.166. The number of hydrogen-bond acceptors (Lipinski definition) is 8. The molecule has 0 radical (unpaired) electrons. The van der Waals surface area contributed by atoms with Crippen LogP contribution < -0.4 is 25.0 Å². The first-order valence-electron chi connectivity index (χ1n) is 9.44. The van der Waals surface area contributed by atoms with Crippen LogP contribution in [0.2, 0.25) is 5.02 Å². The van der Waals surface area contributed by atoms with Crippen LogP contribution in [0.5, 0.6) is 5.75 Å². The summed E-state index contributed by atoms with van der Waals surface area (Å²) in [6.07, 6.45) is 3.19. The molecule has 33 heavy (non-hydrogen) atoms. The molecule has 1 unspecified atom stereocenters. The van der Waals surface area contributed by atoms with Gasteiger partial charge in [0.05, 0.1) is 32.9 Å². The molecule has 14 heteroatoms. The van der Waals surface area contributed by atoms with Crippen LogP contribution in [0.1, 0.15) is 16.8 Å². The lowest BCUT2D eigenvalue weighted by Crippen LogP contribution is -2.39. The first-order valence-corrected chi connectivity index (χ1v) is 12.6. The lowest BCUT2D eigenvalue weighted by Gasteiger charge is -2.29. The molecule has 0 aliphatic carbocycles. The van der Waals surface area contributed by atoms with Crippen molar-refractivity contribution in [1.29, 1.82) is 0 Å². The third-order valence-corrected chi connectivity index (χ3v) is 8.37. The number of urea groups is 1. The van der Waals surface area contributed by atoms with E-state index in [1.807, 2.05) is 4.72 Å². The number of aromatic nitrogens is 1. The predicted molar refractivity (Wildman–Crippen MR) is 129 cm³/mol. The first-order chi connectivity index (χ1) is 15.7. The Kier molecular flexibility index (Phi) is 6.61. The number of benzene rings is 1. The highest BCUT2D eigenvalue weighted by molar-refractivity contribution is 8.19. The normalized spacial score (nSPS) is 17.7. The number of fused-ring (bicyclic) bond motifs is 1. The van der Waals surface area contributed by atoms with Crippen LogP contribution in [0, 0.1) is 0 Å². The van der Waals surface area contributed by atoms with Gasteiger partial charge in [0.25, 0.3) is 15.9 Å². The number of pyridine rings is 1. The topological polar surface area (TPSA) is 130 Å². The van der Waals surface area contributed by atoms with Crippen molar-refractivity contribution in [3.05, 3.63) is 51.4 Å². The minimum atomic E-state index is -4.02. The summed E-state index contributed by atoms with van der Waals surface area (Å²) < 4.78 is 31.7. The Bertz CT molecular complexity index is 1250. The van der Waals surface area contributed by atoms with Crippen molar-refractivity contribution in [3.63, 3.8) is 0 Å². The predicted octanol–water partition coefficient (Wildman–Crippen LogP) is 3.77. The molecular weight excluding hydrogens is 513 g/mol. The number of nitrogens with one attached hydrogen (secondary N) is 3. The molecular formula is C19H17Cl2N5O5S2. The molecule has 2 aliphatic heterocycles. The number of rotatable bonds is 5. The number of carbonyl (C=O) groups excluding carboxylic acids is 2. The molecule has 1 atom stereocenters. The van der Waals surface area contributed by atoms with E-state index in [9.17, 15) is 18.0 Å². The molecule has 1 aromatic heterocycles. The third kappa shape index (κ3) is 4.98. The van der Waals surface area contributed by atoms with Crippen molar-refractivity contribution in [2.24, 2.45) is 0 Å². The van der Waals surface area contributed by atoms with Crippen LogP contribution in [0.25, 0.3) is 0 Å². The fourth-order valence-corrected chi connectivity index (χ4v) is 6.20. The smallest absolute Gasteiger partial charge is 0.334 e. The van der Waals surface area contributed by atoms with Gasteiger partial charge in [-0.05, 0) is 24.6 Å².